The molecular weight excluding hydrogens is 413 g/mol. The summed E-state index contributed by atoms with van der Waals surface area (Å²) in [4.78, 5) is 4.47. The van der Waals surface area contributed by atoms with Gasteiger partial charge in [-0.15, -0.1) is 24.0 Å². The maximum atomic E-state index is 10.1. The number of hydrogen-bond donors (Lipinski definition) is 3. The number of benzene rings is 1. The number of hydrogen-bond acceptors (Lipinski definition) is 2. The Labute approximate surface area is 154 Å². The lowest BCUT2D eigenvalue weighted by molar-refractivity contribution is -0.0236. The predicted molar refractivity (Wildman–Crippen MR) is 103 cm³/mol. The van der Waals surface area contributed by atoms with E-state index in [0.717, 1.165) is 49.8 Å². The summed E-state index contributed by atoms with van der Waals surface area (Å²) in [6.45, 7) is 4.09. The summed E-state index contributed by atoms with van der Waals surface area (Å²) in [6, 6.07) is 7.88. The van der Waals surface area contributed by atoms with E-state index in [1.807, 2.05) is 25.1 Å². The van der Waals surface area contributed by atoms with Gasteiger partial charge in [-0.3, -0.25) is 4.99 Å². The van der Waals surface area contributed by atoms with Crippen molar-refractivity contribution in [2.24, 2.45) is 4.99 Å². The van der Waals surface area contributed by atoms with E-state index >= 15 is 0 Å². The highest BCUT2D eigenvalue weighted by atomic mass is 127. The molecule has 124 valence electrons. The molecule has 0 amide bonds. The van der Waals surface area contributed by atoms with Crippen LogP contribution in [-0.4, -0.2) is 36.3 Å². The fraction of sp³-hybridized carbons (Fsp3) is 0.562. The molecule has 1 aromatic carbocycles. The molecule has 2 rings (SSSR count). The molecule has 6 heteroatoms. The smallest absolute Gasteiger partial charge is 0.191 e. The van der Waals surface area contributed by atoms with Crippen molar-refractivity contribution >= 4 is 41.5 Å². The highest BCUT2D eigenvalue weighted by molar-refractivity contribution is 14.0. The number of nitrogens with zero attached hydrogens (tertiary/aromatic N) is 1. The summed E-state index contributed by atoms with van der Waals surface area (Å²) in [5.74, 6) is 0.764. The largest absolute Gasteiger partial charge is 0.388 e. The number of nitrogens with one attached hydrogen (secondary N) is 2. The first-order valence-electron chi connectivity index (χ1n) is 7.60. The molecule has 3 N–H and O–H groups in total. The summed E-state index contributed by atoms with van der Waals surface area (Å²) < 4.78 is 0. The SMILES string of the molecule is CCNC(=NCC1(O)CCC1)NCCc1cccc(Cl)c1.I. The van der Waals surface area contributed by atoms with Crippen LogP contribution < -0.4 is 10.6 Å². The number of guanidine groups is 1. The Morgan fingerprint density at radius 2 is 2.14 bits per heavy atom. The third-order valence-electron chi connectivity index (χ3n) is 3.76. The normalized spacial score (nSPS) is 16.4. The molecule has 0 atom stereocenters. The second-order valence-electron chi connectivity index (χ2n) is 5.58. The Morgan fingerprint density at radius 1 is 1.36 bits per heavy atom. The molecule has 0 aromatic heterocycles. The molecule has 0 radical (unpaired) electrons. The van der Waals surface area contributed by atoms with Gasteiger partial charge in [-0.25, -0.2) is 0 Å². The molecule has 1 saturated carbocycles. The molecule has 22 heavy (non-hydrogen) atoms. The maximum absolute atomic E-state index is 10.1. The van der Waals surface area contributed by atoms with Crippen molar-refractivity contribution in [3.63, 3.8) is 0 Å². The molecule has 0 heterocycles. The Kier molecular flexibility index (Phi) is 8.49. The third-order valence-corrected chi connectivity index (χ3v) is 3.99. The van der Waals surface area contributed by atoms with Gasteiger partial charge in [0.15, 0.2) is 5.96 Å². The minimum atomic E-state index is -0.574. The lowest BCUT2D eigenvalue weighted by Gasteiger charge is -2.35. The quantitative estimate of drug-likeness (QED) is 0.364. The molecule has 1 aliphatic carbocycles. The maximum Gasteiger partial charge on any atom is 0.191 e. The van der Waals surface area contributed by atoms with E-state index in [1.54, 1.807) is 0 Å². The minimum absolute atomic E-state index is 0. The second-order valence-corrected chi connectivity index (χ2v) is 6.02. The van der Waals surface area contributed by atoms with E-state index in [4.69, 9.17) is 11.6 Å². The highest BCUT2D eigenvalue weighted by Crippen LogP contribution is 2.31. The summed E-state index contributed by atoms with van der Waals surface area (Å²) in [5.41, 5.74) is 0.624. The first-order chi connectivity index (χ1) is 10.1. The van der Waals surface area contributed by atoms with E-state index in [2.05, 4.69) is 21.7 Å². The van der Waals surface area contributed by atoms with Gasteiger partial charge in [0.25, 0.3) is 0 Å². The van der Waals surface area contributed by atoms with E-state index in [1.165, 1.54) is 5.56 Å². The van der Waals surface area contributed by atoms with E-state index in [0.29, 0.717) is 6.54 Å². The molecule has 1 fully saturated rings. The number of halogens is 2. The number of aliphatic imine (C=N–C) groups is 1. The monoisotopic (exact) mass is 437 g/mol. The topological polar surface area (TPSA) is 56.7 Å². The third kappa shape index (κ3) is 6.30. The van der Waals surface area contributed by atoms with Crippen molar-refractivity contribution in [2.75, 3.05) is 19.6 Å². The summed E-state index contributed by atoms with van der Waals surface area (Å²) in [5, 5.41) is 17.3. The Balaban J connectivity index is 0.00000242. The summed E-state index contributed by atoms with van der Waals surface area (Å²) >= 11 is 5.97. The second kappa shape index (κ2) is 9.57. The zero-order valence-electron chi connectivity index (χ0n) is 12.9. The van der Waals surface area contributed by atoms with Gasteiger partial charge >= 0.3 is 0 Å². The molecule has 0 spiro atoms. The van der Waals surface area contributed by atoms with Crippen LogP contribution in [0.3, 0.4) is 0 Å². The lowest BCUT2D eigenvalue weighted by Crippen LogP contribution is -2.43. The first kappa shape index (κ1) is 19.5. The lowest BCUT2D eigenvalue weighted by atomic mass is 9.80. The minimum Gasteiger partial charge on any atom is -0.388 e. The molecule has 0 saturated heterocycles. The molecule has 0 unspecified atom stereocenters. The fourth-order valence-corrected chi connectivity index (χ4v) is 2.54. The van der Waals surface area contributed by atoms with Crippen LogP contribution in [0.5, 0.6) is 0 Å². The van der Waals surface area contributed by atoms with Crippen molar-refractivity contribution in [3.8, 4) is 0 Å². The fourth-order valence-electron chi connectivity index (χ4n) is 2.33. The zero-order valence-corrected chi connectivity index (χ0v) is 16.0. The van der Waals surface area contributed by atoms with E-state index in [-0.39, 0.29) is 24.0 Å². The van der Waals surface area contributed by atoms with Crippen molar-refractivity contribution < 1.29 is 5.11 Å². The Morgan fingerprint density at radius 3 is 2.73 bits per heavy atom. The molecule has 1 aromatic rings. The molecule has 1 aliphatic rings. The van der Waals surface area contributed by atoms with Crippen LogP contribution in [0.25, 0.3) is 0 Å². The van der Waals surface area contributed by atoms with Gasteiger partial charge in [-0.2, -0.15) is 0 Å². The number of rotatable bonds is 6. The average Bonchev–Trinajstić information content (AvgIpc) is 2.43. The van der Waals surface area contributed by atoms with Gasteiger partial charge in [0.05, 0.1) is 12.1 Å². The Bertz CT molecular complexity index is 492. The van der Waals surface area contributed by atoms with Crippen LogP contribution in [0.4, 0.5) is 0 Å². The zero-order chi connectivity index (χ0) is 15.1. The standard InChI is InChI=1S/C16H24ClN3O.HI/c1-2-18-15(20-12-16(21)8-4-9-16)19-10-7-13-5-3-6-14(17)11-13;/h3,5-6,11,21H,2,4,7-10,12H2,1H3,(H2,18,19,20);1H. The molecule has 0 aliphatic heterocycles. The van der Waals surface area contributed by atoms with Crippen LogP contribution in [0.15, 0.2) is 29.3 Å². The molecule has 4 nitrogen and oxygen atoms in total. The van der Waals surface area contributed by atoms with Crippen molar-refractivity contribution in [1.82, 2.24) is 10.6 Å². The van der Waals surface area contributed by atoms with Gasteiger partial charge in [0.1, 0.15) is 0 Å². The van der Waals surface area contributed by atoms with E-state index < -0.39 is 5.60 Å². The van der Waals surface area contributed by atoms with E-state index in [9.17, 15) is 5.11 Å². The van der Waals surface area contributed by atoms with Gasteiger partial charge < -0.3 is 15.7 Å². The summed E-state index contributed by atoms with van der Waals surface area (Å²) in [6.07, 6.45) is 3.71. The number of aliphatic hydroxyl groups is 1. The predicted octanol–water partition coefficient (Wildman–Crippen LogP) is 2.97. The van der Waals surface area contributed by atoms with Gasteiger partial charge in [0, 0.05) is 18.1 Å². The first-order valence-corrected chi connectivity index (χ1v) is 7.98. The summed E-state index contributed by atoms with van der Waals surface area (Å²) in [7, 11) is 0. The van der Waals surface area contributed by atoms with Crippen molar-refractivity contribution in [1.29, 1.82) is 0 Å². The van der Waals surface area contributed by atoms with Crippen LogP contribution in [0.2, 0.25) is 5.02 Å². The van der Waals surface area contributed by atoms with Crippen molar-refractivity contribution in [3.05, 3.63) is 34.9 Å². The van der Waals surface area contributed by atoms with Crippen LogP contribution in [0.1, 0.15) is 31.7 Å². The van der Waals surface area contributed by atoms with Gasteiger partial charge in [-0.1, -0.05) is 23.7 Å². The van der Waals surface area contributed by atoms with Crippen LogP contribution in [0, 0.1) is 0 Å². The highest BCUT2D eigenvalue weighted by Gasteiger charge is 2.34. The Hall–Kier alpha value is -0.530. The molecule has 0 bridgehead atoms. The molecular formula is C16H25ClIN3O. The van der Waals surface area contributed by atoms with Gasteiger partial charge in [0.2, 0.25) is 0 Å². The van der Waals surface area contributed by atoms with Crippen molar-refractivity contribution in [2.45, 2.75) is 38.2 Å². The average molecular weight is 438 g/mol. The van der Waals surface area contributed by atoms with Crippen LogP contribution >= 0.6 is 35.6 Å². The van der Waals surface area contributed by atoms with Gasteiger partial charge in [-0.05, 0) is 50.3 Å². The van der Waals surface area contributed by atoms with Crippen LogP contribution in [-0.2, 0) is 6.42 Å².